The van der Waals surface area contributed by atoms with Crippen LogP contribution in [0.5, 0.6) is 0 Å². The zero-order valence-electron chi connectivity index (χ0n) is 13.5. The van der Waals surface area contributed by atoms with Gasteiger partial charge in [0.25, 0.3) is 0 Å². The second-order valence-corrected chi connectivity index (χ2v) is 6.24. The van der Waals surface area contributed by atoms with Crippen molar-refractivity contribution in [3.05, 3.63) is 40.8 Å². The van der Waals surface area contributed by atoms with E-state index in [2.05, 4.69) is 23.6 Å². The van der Waals surface area contributed by atoms with Gasteiger partial charge >= 0.3 is 6.18 Å². The van der Waals surface area contributed by atoms with Crippen molar-refractivity contribution < 1.29 is 13.2 Å². The molecule has 1 radical (unpaired) electrons. The molecule has 0 atom stereocenters. The maximum Gasteiger partial charge on any atom is 0.416 e. The van der Waals surface area contributed by atoms with Gasteiger partial charge in [-0.15, -0.1) is 0 Å². The molecule has 1 heterocycles. The number of rotatable bonds is 4. The van der Waals surface area contributed by atoms with Crippen LogP contribution in [0.4, 0.5) is 13.2 Å². The Kier molecular flexibility index (Phi) is 5.66. The number of benzene rings is 1. The van der Waals surface area contributed by atoms with Crippen molar-refractivity contribution in [1.29, 1.82) is 5.26 Å². The van der Waals surface area contributed by atoms with Crippen molar-refractivity contribution >= 4 is 0 Å². The molecule has 1 aromatic rings. The van der Waals surface area contributed by atoms with E-state index in [1.165, 1.54) is 12.0 Å². The van der Waals surface area contributed by atoms with Crippen LogP contribution in [-0.4, -0.2) is 42.5 Å². The van der Waals surface area contributed by atoms with Gasteiger partial charge in [-0.2, -0.15) is 18.4 Å². The van der Waals surface area contributed by atoms with Gasteiger partial charge < -0.3 is 4.90 Å². The van der Waals surface area contributed by atoms with Gasteiger partial charge in [0.1, 0.15) is 0 Å². The molecular weight excluding hydrogens is 303 g/mol. The number of hydrogen-bond acceptors (Lipinski definition) is 3. The number of hydrogen-bond donors (Lipinski definition) is 0. The van der Waals surface area contributed by atoms with Gasteiger partial charge in [-0.3, -0.25) is 4.90 Å². The lowest BCUT2D eigenvalue weighted by molar-refractivity contribution is -0.137. The lowest BCUT2D eigenvalue weighted by Crippen LogP contribution is -2.46. The maximum atomic E-state index is 12.7. The highest BCUT2D eigenvalue weighted by atomic mass is 19.4. The summed E-state index contributed by atoms with van der Waals surface area (Å²) in [6, 6.07) is 5.32. The van der Waals surface area contributed by atoms with E-state index in [-0.39, 0.29) is 5.56 Å². The number of alkyl halides is 3. The molecule has 1 aromatic carbocycles. The van der Waals surface area contributed by atoms with Gasteiger partial charge in [0.15, 0.2) is 0 Å². The predicted molar refractivity (Wildman–Crippen MR) is 82.5 cm³/mol. The van der Waals surface area contributed by atoms with Crippen molar-refractivity contribution in [1.82, 2.24) is 9.80 Å². The molecule has 1 fully saturated rings. The van der Waals surface area contributed by atoms with Gasteiger partial charge in [-0.25, -0.2) is 0 Å². The third-order valence-corrected chi connectivity index (χ3v) is 3.96. The third-order valence-electron chi connectivity index (χ3n) is 3.96. The Morgan fingerprint density at radius 1 is 1.13 bits per heavy atom. The Hall–Kier alpha value is -1.58. The van der Waals surface area contributed by atoms with E-state index in [1.807, 2.05) is 6.07 Å². The summed E-state index contributed by atoms with van der Waals surface area (Å²) in [6.45, 7) is 9.31. The fourth-order valence-corrected chi connectivity index (χ4v) is 2.79. The highest BCUT2D eigenvalue weighted by molar-refractivity contribution is 5.41. The van der Waals surface area contributed by atoms with E-state index >= 15 is 0 Å². The molecule has 0 amide bonds. The van der Waals surface area contributed by atoms with Crippen molar-refractivity contribution in [2.24, 2.45) is 0 Å². The third kappa shape index (κ3) is 4.95. The molecule has 1 aliphatic rings. The van der Waals surface area contributed by atoms with Crippen LogP contribution in [-0.2, 0) is 12.7 Å². The molecule has 0 bridgehead atoms. The normalized spacial score (nSPS) is 17.4. The Labute approximate surface area is 135 Å². The summed E-state index contributed by atoms with van der Waals surface area (Å²) < 4.78 is 38.1. The summed E-state index contributed by atoms with van der Waals surface area (Å²) in [6.07, 6.45) is -4.41. The average molecular weight is 324 g/mol. The molecule has 0 spiro atoms. The minimum Gasteiger partial charge on any atom is -0.300 e. The van der Waals surface area contributed by atoms with Crippen LogP contribution in [0.2, 0.25) is 0 Å². The zero-order valence-corrected chi connectivity index (χ0v) is 13.5. The van der Waals surface area contributed by atoms with Crippen LogP contribution in [0, 0.1) is 17.2 Å². The molecule has 125 valence electrons. The van der Waals surface area contributed by atoms with E-state index in [9.17, 15) is 13.2 Å². The summed E-state index contributed by atoms with van der Waals surface area (Å²) in [5.74, 6) is 1.37. The molecule has 0 N–H and O–H groups in total. The number of piperazine rings is 1. The SMILES string of the molecule is C[C](C)CN1CCN(Cc2ccc(C(F)(F)F)cc2C#N)CC1. The second-order valence-electron chi connectivity index (χ2n) is 6.24. The van der Waals surface area contributed by atoms with Crippen molar-refractivity contribution in [3.8, 4) is 6.07 Å². The Balaban J connectivity index is 2.00. The summed E-state index contributed by atoms with van der Waals surface area (Å²) in [5, 5.41) is 9.13. The number of nitriles is 1. The summed E-state index contributed by atoms with van der Waals surface area (Å²) in [7, 11) is 0. The molecule has 6 heteroatoms. The first-order valence-electron chi connectivity index (χ1n) is 7.63. The zero-order chi connectivity index (χ0) is 17.0. The van der Waals surface area contributed by atoms with Crippen LogP contribution < -0.4 is 0 Å². The fraction of sp³-hybridized carbons (Fsp3) is 0.529. The highest BCUT2D eigenvalue weighted by Gasteiger charge is 2.31. The van der Waals surface area contributed by atoms with Crippen molar-refractivity contribution in [2.75, 3.05) is 32.7 Å². The molecule has 3 nitrogen and oxygen atoms in total. The summed E-state index contributed by atoms with van der Waals surface area (Å²) in [4.78, 5) is 4.55. The van der Waals surface area contributed by atoms with E-state index in [4.69, 9.17) is 5.26 Å². The predicted octanol–water partition coefficient (Wildman–Crippen LogP) is 3.31. The lowest BCUT2D eigenvalue weighted by atomic mass is 10.0. The second kappa shape index (κ2) is 7.33. The quantitative estimate of drug-likeness (QED) is 0.851. The lowest BCUT2D eigenvalue weighted by Gasteiger charge is -2.35. The molecule has 2 rings (SSSR count). The first kappa shape index (κ1) is 17.8. The monoisotopic (exact) mass is 324 g/mol. The molecular formula is C17H21F3N3. The summed E-state index contributed by atoms with van der Waals surface area (Å²) >= 11 is 0. The van der Waals surface area contributed by atoms with Crippen LogP contribution in [0.15, 0.2) is 18.2 Å². The largest absolute Gasteiger partial charge is 0.416 e. The smallest absolute Gasteiger partial charge is 0.300 e. The topological polar surface area (TPSA) is 30.3 Å². The van der Waals surface area contributed by atoms with Gasteiger partial charge in [-0.05, 0) is 23.6 Å². The summed E-state index contributed by atoms with van der Waals surface area (Å²) in [5.41, 5.74) is 0.00347. The number of nitrogens with zero attached hydrogens (tertiary/aromatic N) is 3. The van der Waals surface area contributed by atoms with Crippen LogP contribution in [0.3, 0.4) is 0 Å². The van der Waals surface area contributed by atoms with Crippen molar-refractivity contribution in [3.63, 3.8) is 0 Å². The van der Waals surface area contributed by atoms with E-state index < -0.39 is 11.7 Å². The van der Waals surface area contributed by atoms with Gasteiger partial charge in [0.05, 0.1) is 17.2 Å². The highest BCUT2D eigenvalue weighted by Crippen LogP contribution is 2.30. The molecule has 0 aromatic heterocycles. The molecule has 0 unspecified atom stereocenters. The van der Waals surface area contributed by atoms with Crippen LogP contribution in [0.1, 0.15) is 30.5 Å². The Morgan fingerprint density at radius 2 is 1.74 bits per heavy atom. The van der Waals surface area contributed by atoms with Crippen molar-refractivity contribution in [2.45, 2.75) is 26.6 Å². The molecule has 0 aliphatic carbocycles. The van der Waals surface area contributed by atoms with Gasteiger partial charge in [0, 0.05) is 39.3 Å². The van der Waals surface area contributed by atoms with E-state index in [1.54, 1.807) is 0 Å². The maximum absolute atomic E-state index is 12.7. The molecule has 0 saturated carbocycles. The first-order valence-corrected chi connectivity index (χ1v) is 7.63. The van der Waals surface area contributed by atoms with Gasteiger partial charge in [0.2, 0.25) is 0 Å². The minimum absolute atomic E-state index is 0.111. The van der Waals surface area contributed by atoms with Crippen LogP contribution >= 0.6 is 0 Å². The standard InChI is InChI=1S/C17H21F3N3/c1-13(2)11-22-5-7-23(8-6-22)12-14-3-4-16(17(18,19)20)9-15(14)10-21/h3-4,9H,5-8,11-12H2,1-2H3. The Bertz CT molecular complexity index is 567. The minimum atomic E-state index is -4.41. The average Bonchev–Trinajstić information content (AvgIpc) is 2.48. The first-order chi connectivity index (χ1) is 10.8. The van der Waals surface area contributed by atoms with Gasteiger partial charge in [-0.1, -0.05) is 19.9 Å². The molecule has 23 heavy (non-hydrogen) atoms. The van der Waals surface area contributed by atoms with E-state index in [0.29, 0.717) is 12.1 Å². The fourth-order valence-electron chi connectivity index (χ4n) is 2.79. The molecule has 1 saturated heterocycles. The van der Waals surface area contributed by atoms with Crippen LogP contribution in [0.25, 0.3) is 0 Å². The number of halogens is 3. The van der Waals surface area contributed by atoms with E-state index in [0.717, 1.165) is 44.9 Å². The Morgan fingerprint density at radius 3 is 2.26 bits per heavy atom. The molecule has 1 aliphatic heterocycles.